The third kappa shape index (κ3) is 3.87. The zero-order valence-electron chi connectivity index (χ0n) is 14.2. The number of hydrogen-bond donors (Lipinski definition) is 0. The van der Waals surface area contributed by atoms with Crippen LogP contribution in [0.3, 0.4) is 0 Å². The van der Waals surface area contributed by atoms with E-state index in [1.807, 2.05) is 30.1 Å². The minimum absolute atomic E-state index is 0.00145. The molecule has 0 aliphatic carbocycles. The molecule has 2 heterocycles. The lowest BCUT2D eigenvalue weighted by atomic mass is 10.0. The van der Waals surface area contributed by atoms with Crippen molar-refractivity contribution in [1.82, 2.24) is 14.7 Å². The van der Waals surface area contributed by atoms with E-state index in [4.69, 9.17) is 4.74 Å². The van der Waals surface area contributed by atoms with Gasteiger partial charge in [-0.1, -0.05) is 24.6 Å². The molecule has 2 saturated heterocycles. The van der Waals surface area contributed by atoms with Crippen LogP contribution in [-0.4, -0.2) is 72.5 Å². The molecule has 2 aliphatic rings. The molecule has 0 spiro atoms. The van der Waals surface area contributed by atoms with Crippen LogP contribution in [0.4, 0.5) is 4.79 Å². The Kier molecular flexibility index (Phi) is 5.35. The molecule has 2 aliphatic heterocycles. The van der Waals surface area contributed by atoms with Crippen LogP contribution in [0.5, 0.6) is 5.75 Å². The minimum Gasteiger partial charge on any atom is -0.410 e. The van der Waals surface area contributed by atoms with E-state index in [-0.39, 0.29) is 18.0 Å². The third-order valence-corrected chi connectivity index (χ3v) is 4.85. The van der Waals surface area contributed by atoms with Crippen molar-refractivity contribution in [3.63, 3.8) is 0 Å². The van der Waals surface area contributed by atoms with Crippen molar-refractivity contribution >= 4 is 12.0 Å². The van der Waals surface area contributed by atoms with Gasteiger partial charge in [0.1, 0.15) is 5.75 Å². The summed E-state index contributed by atoms with van der Waals surface area (Å²) >= 11 is 0. The molecule has 0 saturated carbocycles. The van der Waals surface area contributed by atoms with E-state index in [1.165, 1.54) is 6.42 Å². The van der Waals surface area contributed by atoms with Crippen molar-refractivity contribution in [2.75, 3.05) is 39.8 Å². The number of rotatable bonds is 2. The molecule has 2 amide bonds. The Morgan fingerprint density at radius 3 is 2.29 bits per heavy atom. The Morgan fingerprint density at radius 1 is 0.958 bits per heavy atom. The van der Waals surface area contributed by atoms with Crippen LogP contribution in [0.15, 0.2) is 30.3 Å². The highest BCUT2D eigenvalue weighted by atomic mass is 16.6. The molecule has 1 aromatic carbocycles. The van der Waals surface area contributed by atoms with Gasteiger partial charge in [-0.2, -0.15) is 0 Å². The van der Waals surface area contributed by atoms with Gasteiger partial charge in [0, 0.05) is 26.2 Å². The molecule has 1 atom stereocenters. The minimum atomic E-state index is -0.344. The van der Waals surface area contributed by atoms with Crippen LogP contribution in [0, 0.1) is 0 Å². The summed E-state index contributed by atoms with van der Waals surface area (Å²) in [6, 6.07) is 9.07. The summed E-state index contributed by atoms with van der Waals surface area (Å²) in [5, 5.41) is 0. The molecule has 6 nitrogen and oxygen atoms in total. The fraction of sp³-hybridized carbons (Fsp3) is 0.556. The monoisotopic (exact) mass is 331 g/mol. The molecule has 3 rings (SSSR count). The first kappa shape index (κ1) is 16.8. The number of carbonyl (C=O) groups is 2. The van der Waals surface area contributed by atoms with E-state index < -0.39 is 0 Å². The highest BCUT2D eigenvalue weighted by Gasteiger charge is 2.32. The van der Waals surface area contributed by atoms with Gasteiger partial charge >= 0.3 is 6.09 Å². The van der Waals surface area contributed by atoms with E-state index in [0.717, 1.165) is 19.4 Å². The molecule has 0 aromatic heterocycles. The summed E-state index contributed by atoms with van der Waals surface area (Å²) in [5.74, 6) is 0.748. The zero-order chi connectivity index (χ0) is 16.9. The second kappa shape index (κ2) is 7.66. The topological polar surface area (TPSA) is 53.1 Å². The number of piperidine rings is 1. The van der Waals surface area contributed by atoms with Crippen LogP contribution >= 0.6 is 0 Å². The summed E-state index contributed by atoms with van der Waals surface area (Å²) in [6.45, 7) is 3.18. The van der Waals surface area contributed by atoms with Crippen molar-refractivity contribution in [3.05, 3.63) is 30.3 Å². The van der Waals surface area contributed by atoms with Crippen LogP contribution in [0.2, 0.25) is 0 Å². The van der Waals surface area contributed by atoms with Crippen LogP contribution in [-0.2, 0) is 4.79 Å². The number of likely N-dealkylation sites (tertiary alicyclic amines) is 1. The summed E-state index contributed by atoms with van der Waals surface area (Å²) in [5.41, 5.74) is 0. The molecule has 130 valence electrons. The fourth-order valence-electron chi connectivity index (χ4n) is 3.36. The lowest BCUT2D eigenvalue weighted by Crippen LogP contribution is -2.56. The van der Waals surface area contributed by atoms with Crippen LogP contribution in [0.1, 0.15) is 19.3 Å². The highest BCUT2D eigenvalue weighted by Crippen LogP contribution is 2.18. The fourth-order valence-corrected chi connectivity index (χ4v) is 3.36. The van der Waals surface area contributed by atoms with Gasteiger partial charge in [-0.05, 0) is 38.6 Å². The average molecular weight is 331 g/mol. The van der Waals surface area contributed by atoms with E-state index >= 15 is 0 Å². The smallest absolute Gasteiger partial charge is 0.410 e. The summed E-state index contributed by atoms with van der Waals surface area (Å²) < 4.78 is 5.36. The van der Waals surface area contributed by atoms with Crippen LogP contribution < -0.4 is 4.74 Å². The molecule has 1 aromatic rings. The normalized spacial score (nSPS) is 22.3. The first-order valence-electron chi connectivity index (χ1n) is 8.66. The molecule has 0 unspecified atom stereocenters. The predicted octanol–water partition coefficient (Wildman–Crippen LogP) is 1.81. The Balaban J connectivity index is 1.50. The summed E-state index contributed by atoms with van der Waals surface area (Å²) in [4.78, 5) is 30.6. The van der Waals surface area contributed by atoms with Crippen molar-refractivity contribution in [3.8, 4) is 5.75 Å². The van der Waals surface area contributed by atoms with Gasteiger partial charge in [0.15, 0.2) is 0 Å². The number of hydrogen-bond acceptors (Lipinski definition) is 4. The Bertz CT molecular complexity index is 570. The SMILES string of the molecule is CN1CCCC[C@H]1C(=O)N1CCN(C(=O)Oc2ccccc2)CC1. The first-order chi connectivity index (χ1) is 11.6. The van der Waals surface area contributed by atoms with Crippen molar-refractivity contribution in [1.29, 1.82) is 0 Å². The van der Waals surface area contributed by atoms with Crippen molar-refractivity contribution < 1.29 is 14.3 Å². The molecular formula is C18H25N3O3. The second-order valence-electron chi connectivity index (χ2n) is 6.49. The largest absolute Gasteiger partial charge is 0.415 e. The highest BCUT2D eigenvalue weighted by molar-refractivity contribution is 5.82. The number of para-hydroxylation sites is 1. The molecular weight excluding hydrogens is 306 g/mol. The summed E-state index contributed by atoms with van der Waals surface area (Å²) in [7, 11) is 2.02. The maximum absolute atomic E-state index is 12.7. The van der Waals surface area contributed by atoms with Gasteiger partial charge in [0.2, 0.25) is 5.91 Å². The molecule has 0 N–H and O–H groups in total. The van der Waals surface area contributed by atoms with Gasteiger partial charge in [-0.3, -0.25) is 9.69 Å². The van der Waals surface area contributed by atoms with Gasteiger partial charge in [-0.15, -0.1) is 0 Å². The predicted molar refractivity (Wildman–Crippen MR) is 90.9 cm³/mol. The molecule has 0 radical (unpaired) electrons. The third-order valence-electron chi connectivity index (χ3n) is 4.85. The quantitative estimate of drug-likeness (QED) is 0.829. The lowest BCUT2D eigenvalue weighted by molar-refractivity contribution is -0.139. The maximum atomic E-state index is 12.7. The van der Waals surface area contributed by atoms with Gasteiger partial charge in [0.25, 0.3) is 0 Å². The van der Waals surface area contributed by atoms with E-state index in [1.54, 1.807) is 17.0 Å². The number of benzene rings is 1. The van der Waals surface area contributed by atoms with E-state index in [0.29, 0.717) is 31.9 Å². The van der Waals surface area contributed by atoms with Crippen molar-refractivity contribution in [2.45, 2.75) is 25.3 Å². The number of ether oxygens (including phenoxy) is 1. The zero-order valence-corrected chi connectivity index (χ0v) is 14.2. The van der Waals surface area contributed by atoms with E-state index in [2.05, 4.69) is 4.90 Å². The number of likely N-dealkylation sites (N-methyl/N-ethyl adjacent to an activating group) is 1. The summed E-state index contributed by atoms with van der Waals surface area (Å²) in [6.07, 6.45) is 2.87. The number of amides is 2. The Labute approximate surface area is 143 Å². The lowest BCUT2D eigenvalue weighted by Gasteiger charge is -2.39. The standard InChI is InChI=1S/C18H25N3O3/c1-19-10-6-5-9-16(19)17(22)20-11-13-21(14-12-20)18(23)24-15-7-3-2-4-8-15/h2-4,7-8,16H,5-6,9-14H2,1H3/t16-/m0/s1. The van der Waals surface area contributed by atoms with Gasteiger partial charge in [0.05, 0.1) is 6.04 Å². The first-order valence-corrected chi connectivity index (χ1v) is 8.66. The molecule has 24 heavy (non-hydrogen) atoms. The van der Waals surface area contributed by atoms with Crippen molar-refractivity contribution in [2.24, 2.45) is 0 Å². The van der Waals surface area contributed by atoms with E-state index in [9.17, 15) is 9.59 Å². The number of piperazine rings is 1. The average Bonchev–Trinajstić information content (AvgIpc) is 2.62. The molecule has 6 heteroatoms. The number of carbonyl (C=O) groups excluding carboxylic acids is 2. The van der Waals surface area contributed by atoms with Crippen LogP contribution in [0.25, 0.3) is 0 Å². The number of nitrogens with zero attached hydrogens (tertiary/aromatic N) is 3. The van der Waals surface area contributed by atoms with Gasteiger partial charge < -0.3 is 14.5 Å². The maximum Gasteiger partial charge on any atom is 0.415 e. The Morgan fingerprint density at radius 2 is 1.62 bits per heavy atom. The van der Waals surface area contributed by atoms with Gasteiger partial charge in [-0.25, -0.2) is 4.79 Å². The Hall–Kier alpha value is -2.08. The molecule has 0 bridgehead atoms. The molecule has 2 fully saturated rings. The second-order valence-corrected chi connectivity index (χ2v) is 6.49.